The average Bonchev–Trinajstić information content (AvgIpc) is 2.39. The van der Waals surface area contributed by atoms with Gasteiger partial charge in [0.25, 0.3) is 0 Å². The maximum Gasteiger partial charge on any atom is 0.151 e. The molecule has 0 saturated carbocycles. The van der Waals surface area contributed by atoms with Crippen molar-refractivity contribution < 1.29 is 8.42 Å². The molecule has 17 heavy (non-hydrogen) atoms. The zero-order chi connectivity index (χ0) is 12.7. The maximum absolute atomic E-state index is 11.4. The average molecular weight is 262 g/mol. The lowest BCUT2D eigenvalue weighted by atomic mass is 10.2. The molecule has 0 radical (unpaired) electrons. The highest BCUT2D eigenvalue weighted by Gasteiger charge is 2.18. The van der Waals surface area contributed by atoms with E-state index in [1.165, 1.54) is 6.42 Å². The van der Waals surface area contributed by atoms with E-state index in [-0.39, 0.29) is 0 Å². The summed E-state index contributed by atoms with van der Waals surface area (Å²) in [5.74, 6) is 0.718. The minimum absolute atomic E-state index is 0.344. The summed E-state index contributed by atoms with van der Waals surface area (Å²) < 4.78 is 22.9. The fourth-order valence-electron chi connectivity index (χ4n) is 2.06. The Morgan fingerprint density at radius 2 is 1.94 bits per heavy atom. The SMILES string of the molecule is CC(C)NCCCCN1CCCS(=O)(=O)CC1. The van der Waals surface area contributed by atoms with Crippen LogP contribution in [0.4, 0.5) is 0 Å². The molecule has 4 nitrogen and oxygen atoms in total. The first-order valence-electron chi connectivity index (χ1n) is 6.66. The normalized spacial score (nSPS) is 21.6. The molecule has 0 bridgehead atoms. The third-order valence-electron chi connectivity index (χ3n) is 3.10. The number of hydrogen-bond acceptors (Lipinski definition) is 4. The Kier molecular flexibility index (Phi) is 6.44. The van der Waals surface area contributed by atoms with Gasteiger partial charge in [0.1, 0.15) is 0 Å². The second-order valence-corrected chi connectivity index (χ2v) is 7.47. The second-order valence-electron chi connectivity index (χ2n) is 5.16. The van der Waals surface area contributed by atoms with Gasteiger partial charge in [0.15, 0.2) is 9.84 Å². The van der Waals surface area contributed by atoms with Crippen molar-refractivity contribution in [1.82, 2.24) is 10.2 Å². The first kappa shape index (κ1) is 14.9. The number of sulfone groups is 1. The van der Waals surface area contributed by atoms with Crippen molar-refractivity contribution in [1.29, 1.82) is 0 Å². The van der Waals surface area contributed by atoms with E-state index < -0.39 is 9.84 Å². The van der Waals surface area contributed by atoms with E-state index in [9.17, 15) is 8.42 Å². The monoisotopic (exact) mass is 262 g/mol. The topological polar surface area (TPSA) is 49.4 Å². The smallest absolute Gasteiger partial charge is 0.151 e. The number of nitrogens with zero attached hydrogens (tertiary/aromatic N) is 1. The summed E-state index contributed by atoms with van der Waals surface area (Å²) in [7, 11) is -2.75. The maximum atomic E-state index is 11.4. The molecule has 5 heteroatoms. The van der Waals surface area contributed by atoms with Gasteiger partial charge in [-0.2, -0.15) is 0 Å². The van der Waals surface area contributed by atoms with Crippen LogP contribution >= 0.6 is 0 Å². The fourth-order valence-corrected chi connectivity index (χ4v) is 3.37. The van der Waals surface area contributed by atoms with E-state index in [0.29, 0.717) is 17.5 Å². The predicted octanol–water partition coefficient (Wildman–Crippen LogP) is 0.885. The van der Waals surface area contributed by atoms with Crippen molar-refractivity contribution in [2.45, 2.75) is 39.2 Å². The van der Waals surface area contributed by atoms with Crippen LogP contribution in [0.5, 0.6) is 0 Å². The molecule has 0 amide bonds. The molecule has 0 aliphatic carbocycles. The Balaban J connectivity index is 2.11. The van der Waals surface area contributed by atoms with Gasteiger partial charge in [0.05, 0.1) is 11.5 Å². The molecule has 1 aliphatic rings. The molecular weight excluding hydrogens is 236 g/mol. The number of hydrogen-bond donors (Lipinski definition) is 1. The zero-order valence-corrected chi connectivity index (χ0v) is 11.9. The van der Waals surface area contributed by atoms with Gasteiger partial charge in [-0.1, -0.05) is 13.8 Å². The summed E-state index contributed by atoms with van der Waals surface area (Å²) in [4.78, 5) is 2.29. The first-order chi connectivity index (χ1) is 7.99. The van der Waals surface area contributed by atoms with E-state index in [1.807, 2.05) is 0 Å². The van der Waals surface area contributed by atoms with Gasteiger partial charge in [0.2, 0.25) is 0 Å². The largest absolute Gasteiger partial charge is 0.315 e. The highest BCUT2D eigenvalue weighted by atomic mass is 32.2. The summed E-state index contributed by atoms with van der Waals surface area (Å²) in [6.45, 7) is 8.06. The highest BCUT2D eigenvalue weighted by molar-refractivity contribution is 7.91. The molecule has 1 N–H and O–H groups in total. The summed E-state index contributed by atoms with van der Waals surface area (Å²) in [6.07, 6.45) is 3.12. The van der Waals surface area contributed by atoms with Gasteiger partial charge in [0, 0.05) is 12.6 Å². The molecule has 102 valence electrons. The Labute approximate surface area is 106 Å². The standard InChI is InChI=1S/C12H26N2O2S/c1-12(2)13-6-3-4-7-14-8-5-10-17(15,16)11-9-14/h12-13H,3-11H2,1-2H3. The first-order valence-corrected chi connectivity index (χ1v) is 8.48. The third-order valence-corrected chi connectivity index (χ3v) is 4.82. The van der Waals surface area contributed by atoms with Crippen LogP contribution in [-0.4, -0.2) is 57.0 Å². The lowest BCUT2D eigenvalue weighted by molar-refractivity contribution is 0.287. The fraction of sp³-hybridized carbons (Fsp3) is 1.00. The number of unbranched alkanes of at least 4 members (excludes halogenated alkanes) is 1. The second kappa shape index (κ2) is 7.34. The quantitative estimate of drug-likeness (QED) is 0.722. The molecular formula is C12H26N2O2S. The lowest BCUT2D eigenvalue weighted by Crippen LogP contribution is -2.29. The number of rotatable bonds is 6. The van der Waals surface area contributed by atoms with Gasteiger partial charge in [-0.05, 0) is 38.9 Å². The number of nitrogens with one attached hydrogen (secondary N) is 1. The molecule has 0 aromatic carbocycles. The summed E-state index contributed by atoms with van der Waals surface area (Å²) in [6, 6.07) is 0.554. The van der Waals surface area contributed by atoms with Gasteiger partial charge < -0.3 is 10.2 Å². The summed E-state index contributed by atoms with van der Waals surface area (Å²) >= 11 is 0. The molecule has 0 spiro atoms. The van der Waals surface area contributed by atoms with E-state index in [4.69, 9.17) is 0 Å². The predicted molar refractivity (Wildman–Crippen MR) is 72.1 cm³/mol. The van der Waals surface area contributed by atoms with Crippen molar-refractivity contribution in [2.75, 3.05) is 37.7 Å². The van der Waals surface area contributed by atoms with Crippen LogP contribution in [0.3, 0.4) is 0 Å². The molecule has 1 fully saturated rings. The molecule has 1 saturated heterocycles. The minimum Gasteiger partial charge on any atom is -0.315 e. The van der Waals surface area contributed by atoms with Crippen molar-refractivity contribution in [3.8, 4) is 0 Å². The molecule has 1 heterocycles. The molecule has 0 unspecified atom stereocenters. The van der Waals surface area contributed by atoms with Crippen LogP contribution in [0, 0.1) is 0 Å². The van der Waals surface area contributed by atoms with Crippen LogP contribution in [0.25, 0.3) is 0 Å². The molecule has 0 atom stereocenters. The van der Waals surface area contributed by atoms with E-state index in [0.717, 1.165) is 39.0 Å². The highest BCUT2D eigenvalue weighted by Crippen LogP contribution is 2.06. The Hall–Kier alpha value is -0.130. The van der Waals surface area contributed by atoms with Crippen LogP contribution in [-0.2, 0) is 9.84 Å². The Bertz CT molecular complexity index is 302. The van der Waals surface area contributed by atoms with Crippen molar-refractivity contribution in [3.63, 3.8) is 0 Å². The van der Waals surface area contributed by atoms with Crippen LogP contribution in [0.2, 0.25) is 0 Å². The Morgan fingerprint density at radius 1 is 1.18 bits per heavy atom. The van der Waals surface area contributed by atoms with Crippen molar-refractivity contribution in [3.05, 3.63) is 0 Å². The Morgan fingerprint density at radius 3 is 2.65 bits per heavy atom. The third kappa shape index (κ3) is 7.01. The summed E-state index contributed by atoms with van der Waals surface area (Å²) in [5, 5.41) is 3.39. The van der Waals surface area contributed by atoms with E-state index in [1.54, 1.807) is 0 Å². The molecule has 0 aromatic rings. The van der Waals surface area contributed by atoms with Crippen LogP contribution in [0.15, 0.2) is 0 Å². The zero-order valence-electron chi connectivity index (χ0n) is 11.1. The minimum atomic E-state index is -2.75. The molecule has 0 aromatic heterocycles. The molecule has 1 rings (SSSR count). The van der Waals surface area contributed by atoms with Crippen molar-refractivity contribution >= 4 is 9.84 Å². The van der Waals surface area contributed by atoms with Crippen LogP contribution < -0.4 is 5.32 Å². The van der Waals surface area contributed by atoms with E-state index >= 15 is 0 Å². The molecule has 1 aliphatic heterocycles. The van der Waals surface area contributed by atoms with Gasteiger partial charge in [-0.25, -0.2) is 8.42 Å². The summed E-state index contributed by atoms with van der Waals surface area (Å²) in [5.41, 5.74) is 0. The van der Waals surface area contributed by atoms with E-state index in [2.05, 4.69) is 24.1 Å². The van der Waals surface area contributed by atoms with Crippen LogP contribution in [0.1, 0.15) is 33.1 Å². The van der Waals surface area contributed by atoms with Crippen molar-refractivity contribution in [2.24, 2.45) is 0 Å². The van der Waals surface area contributed by atoms with Gasteiger partial charge in [-0.15, -0.1) is 0 Å². The van der Waals surface area contributed by atoms with Gasteiger partial charge in [-0.3, -0.25) is 0 Å². The van der Waals surface area contributed by atoms with Gasteiger partial charge >= 0.3 is 0 Å². The lowest BCUT2D eigenvalue weighted by Gasteiger charge is -2.19.